The molecule has 0 spiro atoms. The Morgan fingerprint density at radius 3 is 2.70 bits per heavy atom. The Kier molecular flexibility index (Phi) is 4.90. The minimum absolute atomic E-state index is 0.102. The summed E-state index contributed by atoms with van der Waals surface area (Å²) in [4.78, 5) is 29.3. The Balaban J connectivity index is 1.42. The molecule has 0 bridgehead atoms. The van der Waals surface area contributed by atoms with Gasteiger partial charge in [-0.3, -0.25) is 14.6 Å². The van der Waals surface area contributed by atoms with Crippen molar-refractivity contribution >= 4 is 23.2 Å². The van der Waals surface area contributed by atoms with Crippen molar-refractivity contribution in [3.05, 3.63) is 54.4 Å². The van der Waals surface area contributed by atoms with Gasteiger partial charge in [-0.1, -0.05) is 12.8 Å². The molecule has 1 aromatic heterocycles. The zero-order valence-electron chi connectivity index (χ0n) is 15.2. The number of pyridine rings is 1. The SMILES string of the molecule is O=C(Nc1cccnc1)c1ccc(NC(=O)[C@@]23CCCC[C@H]2CNC3)cc1. The van der Waals surface area contributed by atoms with Crippen LogP contribution in [0.3, 0.4) is 0 Å². The standard InChI is InChI=1S/C21H24N4O2/c26-19(24-18-5-3-11-22-13-18)15-6-8-17(9-7-15)25-20(27)21-10-2-1-4-16(21)12-23-14-21/h3,5-9,11,13,16,23H,1-2,4,10,12,14H2,(H,24,26)(H,25,27)/t16-,21+/m0/s1. The topological polar surface area (TPSA) is 83.1 Å². The summed E-state index contributed by atoms with van der Waals surface area (Å²) in [5.41, 5.74) is 1.63. The monoisotopic (exact) mass is 364 g/mol. The van der Waals surface area contributed by atoms with Crippen LogP contribution in [0.25, 0.3) is 0 Å². The Labute approximate surface area is 158 Å². The second-order valence-corrected chi connectivity index (χ2v) is 7.46. The summed E-state index contributed by atoms with van der Waals surface area (Å²) in [5, 5.41) is 9.27. The molecule has 1 saturated carbocycles. The molecule has 1 aliphatic heterocycles. The fourth-order valence-electron chi connectivity index (χ4n) is 4.29. The molecule has 0 unspecified atom stereocenters. The summed E-state index contributed by atoms with van der Waals surface area (Å²) in [6.45, 7) is 1.69. The van der Waals surface area contributed by atoms with E-state index in [0.29, 0.717) is 17.2 Å². The number of hydrogen-bond acceptors (Lipinski definition) is 4. The van der Waals surface area contributed by atoms with Crippen LogP contribution < -0.4 is 16.0 Å². The first-order chi connectivity index (χ1) is 13.2. The maximum absolute atomic E-state index is 13.0. The first-order valence-electron chi connectivity index (χ1n) is 9.51. The fourth-order valence-corrected chi connectivity index (χ4v) is 4.29. The van der Waals surface area contributed by atoms with Crippen LogP contribution in [0.2, 0.25) is 0 Å². The Bertz CT molecular complexity index is 822. The number of carbonyl (C=O) groups is 2. The van der Waals surface area contributed by atoms with Crippen LogP contribution in [-0.4, -0.2) is 29.9 Å². The van der Waals surface area contributed by atoms with E-state index < -0.39 is 0 Å². The highest BCUT2D eigenvalue weighted by Crippen LogP contribution is 2.44. The van der Waals surface area contributed by atoms with Crippen molar-refractivity contribution in [2.75, 3.05) is 23.7 Å². The van der Waals surface area contributed by atoms with E-state index in [1.54, 1.807) is 48.8 Å². The van der Waals surface area contributed by atoms with Gasteiger partial charge in [-0.15, -0.1) is 0 Å². The van der Waals surface area contributed by atoms with E-state index in [4.69, 9.17) is 0 Å². The van der Waals surface area contributed by atoms with Gasteiger partial charge in [0.1, 0.15) is 0 Å². The highest BCUT2D eigenvalue weighted by Gasteiger charge is 2.49. The number of benzene rings is 1. The van der Waals surface area contributed by atoms with E-state index in [0.717, 1.165) is 38.0 Å². The molecule has 4 rings (SSSR count). The van der Waals surface area contributed by atoms with Crippen LogP contribution in [0.4, 0.5) is 11.4 Å². The molecule has 140 valence electrons. The van der Waals surface area contributed by atoms with Gasteiger partial charge >= 0.3 is 0 Å². The molecule has 3 N–H and O–H groups in total. The van der Waals surface area contributed by atoms with Crippen LogP contribution in [0.1, 0.15) is 36.0 Å². The first kappa shape index (κ1) is 17.7. The third-order valence-electron chi connectivity index (χ3n) is 5.81. The predicted molar refractivity (Wildman–Crippen MR) is 105 cm³/mol. The molecule has 6 nitrogen and oxygen atoms in total. The lowest BCUT2D eigenvalue weighted by atomic mass is 9.67. The summed E-state index contributed by atoms with van der Waals surface area (Å²) in [7, 11) is 0. The van der Waals surface area contributed by atoms with E-state index in [2.05, 4.69) is 20.9 Å². The average Bonchev–Trinajstić information content (AvgIpc) is 3.15. The van der Waals surface area contributed by atoms with Crippen molar-refractivity contribution in [1.29, 1.82) is 0 Å². The second kappa shape index (κ2) is 7.48. The highest BCUT2D eigenvalue weighted by molar-refractivity contribution is 6.04. The van der Waals surface area contributed by atoms with Crippen LogP contribution in [0.5, 0.6) is 0 Å². The first-order valence-corrected chi connectivity index (χ1v) is 9.51. The third kappa shape index (κ3) is 3.57. The number of amides is 2. The van der Waals surface area contributed by atoms with E-state index in [1.165, 1.54) is 6.42 Å². The normalized spacial score (nSPS) is 24.1. The number of carbonyl (C=O) groups excluding carboxylic acids is 2. The quantitative estimate of drug-likeness (QED) is 0.779. The predicted octanol–water partition coefficient (Wildman–Crippen LogP) is 3.05. The van der Waals surface area contributed by atoms with Crippen LogP contribution >= 0.6 is 0 Å². The smallest absolute Gasteiger partial charge is 0.255 e. The molecule has 2 aliphatic rings. The molecule has 27 heavy (non-hydrogen) atoms. The zero-order chi connectivity index (χ0) is 18.7. The van der Waals surface area contributed by atoms with Crippen molar-refractivity contribution in [2.24, 2.45) is 11.3 Å². The van der Waals surface area contributed by atoms with Crippen LogP contribution in [0, 0.1) is 11.3 Å². The van der Waals surface area contributed by atoms with E-state index in [9.17, 15) is 9.59 Å². The lowest BCUT2D eigenvalue weighted by Crippen LogP contribution is -2.44. The van der Waals surface area contributed by atoms with Gasteiger partial charge < -0.3 is 16.0 Å². The number of anilines is 2. The molecular weight excluding hydrogens is 340 g/mol. The lowest BCUT2D eigenvalue weighted by molar-refractivity contribution is -0.128. The molecule has 6 heteroatoms. The molecule has 2 heterocycles. The Morgan fingerprint density at radius 2 is 1.93 bits per heavy atom. The van der Waals surface area contributed by atoms with E-state index in [1.807, 2.05) is 0 Å². The molecular formula is C21H24N4O2. The van der Waals surface area contributed by atoms with Crippen molar-refractivity contribution < 1.29 is 9.59 Å². The van der Waals surface area contributed by atoms with Gasteiger partial charge in [-0.25, -0.2) is 0 Å². The van der Waals surface area contributed by atoms with Crippen LogP contribution in [0.15, 0.2) is 48.8 Å². The Morgan fingerprint density at radius 1 is 1.07 bits per heavy atom. The van der Waals surface area contributed by atoms with Gasteiger partial charge in [-0.2, -0.15) is 0 Å². The number of fused-ring (bicyclic) bond motifs is 1. The van der Waals surface area contributed by atoms with E-state index in [-0.39, 0.29) is 17.2 Å². The average molecular weight is 364 g/mol. The van der Waals surface area contributed by atoms with Crippen molar-refractivity contribution in [1.82, 2.24) is 10.3 Å². The van der Waals surface area contributed by atoms with Gasteiger partial charge in [0, 0.05) is 24.0 Å². The summed E-state index contributed by atoms with van der Waals surface area (Å²) in [6.07, 6.45) is 7.64. The number of rotatable bonds is 4. The van der Waals surface area contributed by atoms with Crippen LogP contribution in [-0.2, 0) is 4.79 Å². The van der Waals surface area contributed by atoms with Crippen molar-refractivity contribution in [3.63, 3.8) is 0 Å². The van der Waals surface area contributed by atoms with Gasteiger partial charge in [0.15, 0.2) is 0 Å². The molecule has 2 aromatic rings. The minimum Gasteiger partial charge on any atom is -0.326 e. The number of nitrogens with one attached hydrogen (secondary N) is 3. The van der Waals surface area contributed by atoms with Gasteiger partial charge in [0.2, 0.25) is 5.91 Å². The largest absolute Gasteiger partial charge is 0.326 e. The van der Waals surface area contributed by atoms with Gasteiger partial charge in [0.05, 0.1) is 17.3 Å². The maximum Gasteiger partial charge on any atom is 0.255 e. The summed E-state index contributed by atoms with van der Waals surface area (Å²) < 4.78 is 0. The number of aromatic nitrogens is 1. The minimum atomic E-state index is -0.283. The summed E-state index contributed by atoms with van der Waals surface area (Å²) in [6, 6.07) is 10.6. The molecule has 2 amide bonds. The molecule has 0 radical (unpaired) electrons. The molecule has 1 saturated heterocycles. The number of hydrogen-bond donors (Lipinski definition) is 3. The molecule has 1 aromatic carbocycles. The van der Waals surface area contributed by atoms with Crippen molar-refractivity contribution in [2.45, 2.75) is 25.7 Å². The van der Waals surface area contributed by atoms with E-state index >= 15 is 0 Å². The number of nitrogens with zero attached hydrogens (tertiary/aromatic N) is 1. The molecule has 2 fully saturated rings. The summed E-state index contributed by atoms with van der Waals surface area (Å²) in [5.74, 6) is 0.326. The zero-order valence-corrected chi connectivity index (χ0v) is 15.2. The second-order valence-electron chi connectivity index (χ2n) is 7.46. The van der Waals surface area contributed by atoms with Crippen molar-refractivity contribution in [3.8, 4) is 0 Å². The maximum atomic E-state index is 13.0. The fraction of sp³-hybridized carbons (Fsp3) is 0.381. The Hall–Kier alpha value is -2.73. The lowest BCUT2D eigenvalue weighted by Gasteiger charge is -2.37. The van der Waals surface area contributed by atoms with Gasteiger partial charge in [0.25, 0.3) is 5.91 Å². The van der Waals surface area contributed by atoms with Gasteiger partial charge in [-0.05, 0) is 61.7 Å². The highest BCUT2D eigenvalue weighted by atomic mass is 16.2. The molecule has 2 atom stereocenters. The third-order valence-corrected chi connectivity index (χ3v) is 5.81. The molecule has 1 aliphatic carbocycles. The summed E-state index contributed by atoms with van der Waals surface area (Å²) >= 11 is 0.